The van der Waals surface area contributed by atoms with Gasteiger partial charge in [-0.1, -0.05) is 176 Å². The molecule has 0 saturated heterocycles. The first-order chi connectivity index (χ1) is 28.8. The average Bonchev–Trinajstić information content (AvgIpc) is 3.83. The molecule has 0 fully saturated rings. The molecule has 0 saturated carbocycles. The predicted octanol–water partition coefficient (Wildman–Crippen LogP) is 14.9. The molecule has 0 spiro atoms. The molecule has 0 nitrogen and oxygen atoms in total. The van der Waals surface area contributed by atoms with Gasteiger partial charge in [0.15, 0.2) is 0 Å². The second-order valence-electron chi connectivity index (χ2n) is 15.6. The maximum atomic E-state index is 2.48. The van der Waals surface area contributed by atoms with Gasteiger partial charge in [-0.25, -0.2) is 0 Å². The number of hydrogen-bond acceptors (Lipinski definition) is 1. The largest absolute Gasteiger partial charge is 0.135 e. The van der Waals surface area contributed by atoms with E-state index in [9.17, 15) is 0 Å². The summed E-state index contributed by atoms with van der Waals surface area (Å²) in [5, 5.41) is 20.1. The monoisotopic (exact) mass is 768 g/mol. The maximum Gasteiger partial charge on any atom is 0.0368 e. The third kappa shape index (κ3) is 4.66. The molecule has 0 amide bonds. The summed E-state index contributed by atoms with van der Waals surface area (Å²) in [5.74, 6) is 0. The lowest BCUT2D eigenvalue weighted by Crippen LogP contribution is -2.22. The Hall–Kier alpha value is -6.63. The van der Waals surface area contributed by atoms with Crippen LogP contribution in [0.25, 0.3) is 107 Å². The lowest BCUT2D eigenvalue weighted by molar-refractivity contribution is 1.69. The predicted molar refractivity (Wildman–Crippen MR) is 255 cm³/mol. The second-order valence-corrected chi connectivity index (χ2v) is 18.8. The molecule has 0 N–H and O–H groups in total. The van der Waals surface area contributed by atoms with Crippen LogP contribution in [-0.2, 0) is 0 Å². The zero-order chi connectivity index (χ0) is 37.9. The summed E-state index contributed by atoms with van der Waals surface area (Å²) >= 11 is 1.92. The summed E-state index contributed by atoms with van der Waals surface area (Å²) in [6, 6.07) is 75.6. The summed E-state index contributed by atoms with van der Waals surface area (Å²) in [5.41, 5.74) is 7.92. The van der Waals surface area contributed by atoms with Crippen molar-refractivity contribution in [3.63, 3.8) is 0 Å². The first-order valence-corrected chi connectivity index (χ1v) is 22.2. The smallest absolute Gasteiger partial charge is 0.0368 e. The molecule has 1 aliphatic carbocycles. The SMILES string of the molecule is c1ccc2c(c1)-c1cccc3c1c-2cc1sc2cc(-c4ccc(P(c5cc6ccccc6c6ccccc56)c5cc6ccccc6c6ccccc56)cc4)ccc2c13. The van der Waals surface area contributed by atoms with Gasteiger partial charge in [0.1, 0.15) is 0 Å². The quantitative estimate of drug-likeness (QED) is 0.124. The Morgan fingerprint density at radius 2 is 0.810 bits per heavy atom. The van der Waals surface area contributed by atoms with E-state index in [-0.39, 0.29) is 0 Å². The fraction of sp³-hybridized carbons (Fsp3) is 0. The number of hydrogen-bond donors (Lipinski definition) is 0. The van der Waals surface area contributed by atoms with Crippen LogP contribution in [0.2, 0.25) is 0 Å². The molecule has 0 atom stereocenters. The molecular formula is C56H33PS. The zero-order valence-electron chi connectivity index (χ0n) is 31.4. The molecule has 0 radical (unpaired) electrons. The molecule has 11 aromatic carbocycles. The van der Waals surface area contributed by atoms with E-state index in [1.54, 1.807) is 0 Å². The van der Waals surface area contributed by atoms with Crippen molar-refractivity contribution < 1.29 is 0 Å². The van der Waals surface area contributed by atoms with E-state index in [1.165, 1.54) is 123 Å². The van der Waals surface area contributed by atoms with E-state index in [1.807, 2.05) is 11.3 Å². The van der Waals surface area contributed by atoms with Gasteiger partial charge in [0.05, 0.1) is 0 Å². The van der Waals surface area contributed by atoms with Crippen LogP contribution >= 0.6 is 19.3 Å². The van der Waals surface area contributed by atoms with Crippen molar-refractivity contribution >= 4 is 109 Å². The molecule has 0 bridgehead atoms. The third-order valence-corrected chi connectivity index (χ3v) is 16.2. The van der Waals surface area contributed by atoms with Gasteiger partial charge >= 0.3 is 0 Å². The van der Waals surface area contributed by atoms with E-state index in [0.717, 1.165) is 0 Å². The second kappa shape index (κ2) is 12.4. The summed E-state index contributed by atoms with van der Waals surface area (Å²) in [6.45, 7) is 0. The van der Waals surface area contributed by atoms with Crippen LogP contribution in [0.15, 0.2) is 200 Å². The van der Waals surface area contributed by atoms with Gasteiger partial charge in [-0.15, -0.1) is 11.3 Å². The lowest BCUT2D eigenvalue weighted by Gasteiger charge is -2.25. The molecule has 268 valence electrons. The fourth-order valence-corrected chi connectivity index (χ4v) is 13.8. The number of thiophene rings is 1. The molecule has 58 heavy (non-hydrogen) atoms. The molecule has 13 rings (SSSR count). The highest BCUT2D eigenvalue weighted by Gasteiger charge is 2.25. The average molecular weight is 769 g/mol. The zero-order valence-corrected chi connectivity index (χ0v) is 33.1. The first kappa shape index (κ1) is 32.5. The molecule has 0 aliphatic heterocycles. The molecule has 1 aliphatic rings. The third-order valence-electron chi connectivity index (χ3n) is 12.5. The van der Waals surface area contributed by atoms with Gasteiger partial charge in [-0.2, -0.15) is 0 Å². The molecule has 1 heterocycles. The molecular weight excluding hydrogens is 736 g/mol. The molecule has 12 aromatic rings. The van der Waals surface area contributed by atoms with Crippen molar-refractivity contribution in [1.82, 2.24) is 0 Å². The minimum atomic E-state index is -0.949. The summed E-state index contributed by atoms with van der Waals surface area (Å²) < 4.78 is 2.69. The van der Waals surface area contributed by atoms with Gasteiger partial charge in [-0.3, -0.25) is 0 Å². The van der Waals surface area contributed by atoms with Crippen LogP contribution in [0.5, 0.6) is 0 Å². The van der Waals surface area contributed by atoms with Crippen LogP contribution in [-0.4, -0.2) is 0 Å². The van der Waals surface area contributed by atoms with E-state index < -0.39 is 7.92 Å². The number of rotatable bonds is 4. The summed E-state index contributed by atoms with van der Waals surface area (Å²) in [4.78, 5) is 0. The van der Waals surface area contributed by atoms with E-state index in [2.05, 4.69) is 200 Å². The Bertz CT molecular complexity index is 3570. The van der Waals surface area contributed by atoms with Crippen LogP contribution < -0.4 is 15.9 Å². The van der Waals surface area contributed by atoms with E-state index in [4.69, 9.17) is 0 Å². The molecule has 2 heteroatoms. The van der Waals surface area contributed by atoms with Crippen molar-refractivity contribution in [3.8, 4) is 33.4 Å². The Kier molecular flexibility index (Phi) is 6.96. The minimum absolute atomic E-state index is 0.949. The van der Waals surface area contributed by atoms with Crippen molar-refractivity contribution in [3.05, 3.63) is 200 Å². The molecule has 0 unspecified atom stereocenters. The Balaban J connectivity index is 0.991. The van der Waals surface area contributed by atoms with Gasteiger partial charge < -0.3 is 0 Å². The number of benzene rings is 11. The van der Waals surface area contributed by atoms with Crippen molar-refractivity contribution in [2.75, 3.05) is 0 Å². The highest BCUT2D eigenvalue weighted by Crippen LogP contribution is 2.52. The van der Waals surface area contributed by atoms with Crippen molar-refractivity contribution in [2.45, 2.75) is 0 Å². The van der Waals surface area contributed by atoms with Crippen molar-refractivity contribution in [2.24, 2.45) is 0 Å². The molecule has 1 aromatic heterocycles. The summed E-state index contributed by atoms with van der Waals surface area (Å²) in [6.07, 6.45) is 0. The first-order valence-electron chi connectivity index (χ1n) is 20.0. The van der Waals surface area contributed by atoms with Crippen molar-refractivity contribution in [1.29, 1.82) is 0 Å². The summed E-state index contributed by atoms with van der Waals surface area (Å²) in [7, 11) is -0.949. The van der Waals surface area contributed by atoms with E-state index in [0.29, 0.717) is 0 Å². The van der Waals surface area contributed by atoms with Crippen LogP contribution in [0.4, 0.5) is 0 Å². The minimum Gasteiger partial charge on any atom is -0.135 e. The van der Waals surface area contributed by atoms with E-state index >= 15 is 0 Å². The highest BCUT2D eigenvalue weighted by molar-refractivity contribution is 7.80. The lowest BCUT2D eigenvalue weighted by atomic mass is 9.97. The van der Waals surface area contributed by atoms with Gasteiger partial charge in [-0.05, 0) is 135 Å². The van der Waals surface area contributed by atoms with Gasteiger partial charge in [0.25, 0.3) is 0 Å². The topological polar surface area (TPSA) is 0 Å². The normalized spacial score (nSPS) is 12.3. The fourth-order valence-electron chi connectivity index (χ4n) is 9.97. The highest BCUT2D eigenvalue weighted by atomic mass is 32.1. The Morgan fingerprint density at radius 3 is 1.47 bits per heavy atom. The number of fused-ring (bicyclic) bond motifs is 13. The van der Waals surface area contributed by atoms with Crippen LogP contribution in [0.3, 0.4) is 0 Å². The van der Waals surface area contributed by atoms with Gasteiger partial charge in [0.2, 0.25) is 0 Å². The van der Waals surface area contributed by atoms with Crippen LogP contribution in [0.1, 0.15) is 0 Å². The van der Waals surface area contributed by atoms with Crippen LogP contribution in [0, 0.1) is 0 Å². The maximum absolute atomic E-state index is 2.48. The van der Waals surface area contributed by atoms with Gasteiger partial charge in [0, 0.05) is 20.2 Å². The Labute approximate surface area is 341 Å². The Morgan fingerprint density at radius 1 is 0.293 bits per heavy atom. The standard InChI is InChI=1S/C56H33PS/c1-3-14-39-36(12-1)30-51(45-20-9-7-16-41(39)45)57(52-31-37-13-2-4-15-40(37)42-17-8-10-21-46(42)52)38-27-24-34(25-28-38)35-26-29-48-53(32-35)58-54-33-50-44-19-6-5-18-43(44)47-22-11-23-49(55(47)50)56(48)54/h1-33H.